The Hall–Kier alpha value is -2.08. The van der Waals surface area contributed by atoms with E-state index in [0.29, 0.717) is 38.1 Å². The standard InChI is InChI=1S/C18H30N4O2/c1-15(13-24-14-16-8-6-5-7-9-16)12-21-18(19-2)20-11-10-17(23)22(3)4/h5-9,15H,10-14H2,1-4H3,(H2,19,20,21). The molecule has 1 aromatic carbocycles. The van der Waals surface area contributed by atoms with Crippen LogP contribution in [0.2, 0.25) is 0 Å². The predicted molar refractivity (Wildman–Crippen MR) is 97.9 cm³/mol. The average molecular weight is 334 g/mol. The monoisotopic (exact) mass is 334 g/mol. The van der Waals surface area contributed by atoms with E-state index in [1.807, 2.05) is 18.2 Å². The highest BCUT2D eigenvalue weighted by Gasteiger charge is 2.06. The smallest absolute Gasteiger partial charge is 0.223 e. The van der Waals surface area contributed by atoms with Gasteiger partial charge in [0.2, 0.25) is 5.91 Å². The van der Waals surface area contributed by atoms with E-state index in [9.17, 15) is 4.79 Å². The maximum absolute atomic E-state index is 11.5. The summed E-state index contributed by atoms with van der Waals surface area (Å²) in [7, 11) is 5.23. The van der Waals surface area contributed by atoms with Gasteiger partial charge in [0.15, 0.2) is 5.96 Å². The minimum Gasteiger partial charge on any atom is -0.376 e. The maximum Gasteiger partial charge on any atom is 0.223 e. The number of carbonyl (C=O) groups is 1. The number of rotatable bonds is 9. The van der Waals surface area contributed by atoms with Crippen LogP contribution in [0.5, 0.6) is 0 Å². The summed E-state index contributed by atoms with van der Waals surface area (Å²) in [6, 6.07) is 10.1. The maximum atomic E-state index is 11.5. The first kappa shape index (κ1) is 20.0. The highest BCUT2D eigenvalue weighted by molar-refractivity contribution is 5.81. The molecule has 0 radical (unpaired) electrons. The third-order valence-corrected chi connectivity index (χ3v) is 3.49. The normalized spacial score (nSPS) is 12.6. The zero-order valence-corrected chi connectivity index (χ0v) is 15.2. The topological polar surface area (TPSA) is 66.0 Å². The van der Waals surface area contributed by atoms with Crippen molar-refractivity contribution in [2.24, 2.45) is 10.9 Å². The molecule has 24 heavy (non-hydrogen) atoms. The van der Waals surface area contributed by atoms with Gasteiger partial charge >= 0.3 is 0 Å². The SMILES string of the molecule is CN=C(NCCC(=O)N(C)C)NCC(C)COCc1ccccc1. The highest BCUT2D eigenvalue weighted by atomic mass is 16.5. The van der Waals surface area contributed by atoms with Crippen molar-refractivity contribution >= 4 is 11.9 Å². The third kappa shape index (κ3) is 8.53. The van der Waals surface area contributed by atoms with Gasteiger partial charge in [0, 0.05) is 40.7 Å². The van der Waals surface area contributed by atoms with Gasteiger partial charge in [0.1, 0.15) is 0 Å². The molecule has 0 heterocycles. The zero-order valence-electron chi connectivity index (χ0n) is 15.2. The van der Waals surface area contributed by atoms with Gasteiger partial charge in [-0.2, -0.15) is 0 Å². The molecule has 6 heteroatoms. The van der Waals surface area contributed by atoms with Gasteiger partial charge in [-0.1, -0.05) is 37.3 Å². The van der Waals surface area contributed by atoms with Crippen molar-refractivity contribution in [1.29, 1.82) is 0 Å². The second-order valence-corrected chi connectivity index (χ2v) is 6.02. The summed E-state index contributed by atoms with van der Waals surface area (Å²) in [5.41, 5.74) is 1.18. The van der Waals surface area contributed by atoms with Crippen LogP contribution in [0.3, 0.4) is 0 Å². The molecule has 134 valence electrons. The first-order valence-electron chi connectivity index (χ1n) is 8.29. The lowest BCUT2D eigenvalue weighted by atomic mass is 10.2. The van der Waals surface area contributed by atoms with E-state index in [1.54, 1.807) is 26.0 Å². The fourth-order valence-corrected chi connectivity index (χ4v) is 2.01. The highest BCUT2D eigenvalue weighted by Crippen LogP contribution is 2.02. The first-order chi connectivity index (χ1) is 11.5. The van der Waals surface area contributed by atoms with Gasteiger partial charge in [0.05, 0.1) is 13.2 Å². The Morgan fingerprint density at radius 2 is 1.96 bits per heavy atom. The molecule has 0 aromatic heterocycles. The van der Waals surface area contributed by atoms with E-state index in [-0.39, 0.29) is 5.91 Å². The summed E-state index contributed by atoms with van der Waals surface area (Å²) in [6.07, 6.45) is 0.448. The first-order valence-corrected chi connectivity index (χ1v) is 8.29. The van der Waals surface area contributed by atoms with Crippen LogP contribution < -0.4 is 10.6 Å². The van der Waals surface area contributed by atoms with E-state index < -0.39 is 0 Å². The largest absolute Gasteiger partial charge is 0.376 e. The molecule has 0 bridgehead atoms. The van der Waals surface area contributed by atoms with Crippen LogP contribution in [0.1, 0.15) is 18.9 Å². The Morgan fingerprint density at radius 1 is 1.25 bits per heavy atom. The number of nitrogens with zero attached hydrogens (tertiary/aromatic N) is 2. The van der Waals surface area contributed by atoms with Crippen molar-refractivity contribution in [1.82, 2.24) is 15.5 Å². The van der Waals surface area contributed by atoms with E-state index in [2.05, 4.69) is 34.7 Å². The lowest BCUT2D eigenvalue weighted by molar-refractivity contribution is -0.128. The van der Waals surface area contributed by atoms with Gasteiger partial charge in [-0.05, 0) is 11.5 Å². The molecule has 1 atom stereocenters. The van der Waals surface area contributed by atoms with E-state index in [4.69, 9.17) is 4.74 Å². The van der Waals surface area contributed by atoms with Gasteiger partial charge in [-0.25, -0.2) is 0 Å². The van der Waals surface area contributed by atoms with E-state index in [1.165, 1.54) is 5.56 Å². The molecule has 0 aliphatic rings. The summed E-state index contributed by atoms with van der Waals surface area (Å²) in [5.74, 6) is 1.16. The Bertz CT molecular complexity index is 503. The molecule has 0 fully saturated rings. The molecule has 1 rings (SSSR count). The Labute approximate surface area is 145 Å². The number of hydrogen-bond acceptors (Lipinski definition) is 3. The minimum atomic E-state index is 0.0978. The van der Waals surface area contributed by atoms with Crippen LogP contribution in [-0.2, 0) is 16.1 Å². The number of carbonyl (C=O) groups excluding carboxylic acids is 1. The molecule has 0 saturated heterocycles. The molecule has 0 saturated carbocycles. The fraction of sp³-hybridized carbons (Fsp3) is 0.556. The lowest BCUT2D eigenvalue weighted by Crippen LogP contribution is -2.41. The molecule has 6 nitrogen and oxygen atoms in total. The average Bonchev–Trinajstić information content (AvgIpc) is 2.58. The van der Waals surface area contributed by atoms with Crippen molar-refractivity contribution in [3.8, 4) is 0 Å². The summed E-state index contributed by atoms with van der Waals surface area (Å²) in [4.78, 5) is 17.3. The number of guanidine groups is 1. The van der Waals surface area contributed by atoms with Gasteiger partial charge < -0.3 is 20.3 Å². The Balaban J connectivity index is 2.17. The quantitative estimate of drug-likeness (QED) is 0.530. The van der Waals surface area contributed by atoms with Crippen molar-refractivity contribution in [2.75, 3.05) is 40.8 Å². The van der Waals surface area contributed by atoms with Crippen molar-refractivity contribution in [3.63, 3.8) is 0 Å². The molecule has 1 aromatic rings. The number of benzene rings is 1. The van der Waals surface area contributed by atoms with E-state index >= 15 is 0 Å². The summed E-state index contributed by atoms with van der Waals surface area (Å²) in [6.45, 7) is 4.76. The summed E-state index contributed by atoms with van der Waals surface area (Å²) in [5, 5.41) is 6.40. The van der Waals surface area contributed by atoms with Crippen LogP contribution in [0.15, 0.2) is 35.3 Å². The van der Waals surface area contributed by atoms with Gasteiger partial charge in [-0.15, -0.1) is 0 Å². The zero-order chi connectivity index (χ0) is 17.8. The number of hydrogen-bond donors (Lipinski definition) is 2. The van der Waals surface area contributed by atoms with Crippen molar-refractivity contribution in [3.05, 3.63) is 35.9 Å². The second kappa shape index (κ2) is 11.5. The van der Waals surface area contributed by atoms with Crippen LogP contribution in [-0.4, -0.2) is 57.6 Å². The number of amides is 1. The second-order valence-electron chi connectivity index (χ2n) is 6.02. The Morgan fingerprint density at radius 3 is 2.58 bits per heavy atom. The summed E-state index contributed by atoms with van der Waals surface area (Å²) >= 11 is 0. The molecule has 0 spiro atoms. The number of nitrogens with one attached hydrogen (secondary N) is 2. The number of ether oxygens (including phenoxy) is 1. The molecule has 0 aliphatic heterocycles. The molecule has 1 unspecified atom stereocenters. The minimum absolute atomic E-state index is 0.0978. The van der Waals surface area contributed by atoms with Gasteiger partial charge in [0.25, 0.3) is 0 Å². The molecule has 1 amide bonds. The van der Waals surface area contributed by atoms with E-state index in [0.717, 1.165) is 6.54 Å². The fourth-order valence-electron chi connectivity index (χ4n) is 2.01. The van der Waals surface area contributed by atoms with Crippen LogP contribution in [0, 0.1) is 5.92 Å². The molecule has 2 N–H and O–H groups in total. The Kier molecular flexibility index (Phi) is 9.53. The van der Waals surface area contributed by atoms with Crippen LogP contribution in [0.4, 0.5) is 0 Å². The van der Waals surface area contributed by atoms with Crippen LogP contribution >= 0.6 is 0 Å². The van der Waals surface area contributed by atoms with Crippen LogP contribution in [0.25, 0.3) is 0 Å². The molecular formula is C18H30N4O2. The van der Waals surface area contributed by atoms with Crippen molar-refractivity contribution < 1.29 is 9.53 Å². The molecule has 0 aliphatic carbocycles. The lowest BCUT2D eigenvalue weighted by Gasteiger charge is -2.17. The third-order valence-electron chi connectivity index (χ3n) is 3.49. The molecular weight excluding hydrogens is 304 g/mol. The number of aliphatic imine (C=N–C) groups is 1. The summed E-state index contributed by atoms with van der Waals surface area (Å²) < 4.78 is 5.74. The van der Waals surface area contributed by atoms with Crippen molar-refractivity contribution in [2.45, 2.75) is 20.0 Å². The predicted octanol–water partition coefficient (Wildman–Crippen LogP) is 1.48. The van der Waals surface area contributed by atoms with Gasteiger partial charge in [-0.3, -0.25) is 9.79 Å².